The number of amides is 1. The van der Waals surface area contributed by atoms with Gasteiger partial charge in [0.1, 0.15) is 6.04 Å². The van der Waals surface area contributed by atoms with E-state index in [2.05, 4.69) is 0 Å². The highest BCUT2D eigenvalue weighted by atomic mass is 32.2. The Labute approximate surface area is 136 Å². The maximum absolute atomic E-state index is 13.2. The van der Waals surface area contributed by atoms with E-state index in [0.29, 0.717) is 4.90 Å². The summed E-state index contributed by atoms with van der Waals surface area (Å²) in [6.07, 6.45) is -4.64. The van der Waals surface area contributed by atoms with Crippen LogP contribution in [0.4, 0.5) is 13.2 Å². The van der Waals surface area contributed by atoms with Crippen LogP contribution in [-0.2, 0) is 14.8 Å². The Kier molecular flexibility index (Phi) is 3.89. The van der Waals surface area contributed by atoms with Gasteiger partial charge < -0.3 is 9.64 Å². The number of fused-ring (bicyclic) bond motifs is 1. The van der Waals surface area contributed by atoms with Crippen LogP contribution in [0.25, 0.3) is 0 Å². The SMILES string of the molecule is C[C@H](N1C(=O)c2c(cccc2S(N)(=O)=O)C1C1COC1)C(F)(F)F. The average molecular weight is 364 g/mol. The number of rotatable bonds is 3. The van der Waals surface area contributed by atoms with Gasteiger partial charge in [-0.05, 0) is 18.6 Å². The Morgan fingerprint density at radius 1 is 1.33 bits per heavy atom. The van der Waals surface area contributed by atoms with Crippen LogP contribution in [0.2, 0.25) is 0 Å². The Bertz CT molecular complexity index is 790. The van der Waals surface area contributed by atoms with Crippen LogP contribution in [0.5, 0.6) is 0 Å². The Morgan fingerprint density at radius 3 is 2.42 bits per heavy atom. The topological polar surface area (TPSA) is 89.7 Å². The number of ether oxygens (including phenoxy) is 1. The van der Waals surface area contributed by atoms with Gasteiger partial charge >= 0.3 is 6.18 Å². The third-order valence-corrected chi connectivity index (χ3v) is 5.39. The zero-order chi connectivity index (χ0) is 17.9. The smallest absolute Gasteiger partial charge is 0.381 e. The molecule has 6 nitrogen and oxygen atoms in total. The third-order valence-electron chi connectivity index (χ3n) is 4.43. The number of halogens is 3. The van der Waals surface area contributed by atoms with E-state index >= 15 is 0 Å². The summed E-state index contributed by atoms with van der Waals surface area (Å²) in [5.41, 5.74) is -0.0241. The molecule has 1 unspecified atom stereocenters. The Hall–Kier alpha value is -1.65. The number of alkyl halides is 3. The lowest BCUT2D eigenvalue weighted by Crippen LogP contribution is -2.50. The lowest BCUT2D eigenvalue weighted by atomic mass is 9.90. The van der Waals surface area contributed by atoms with Gasteiger partial charge in [0.25, 0.3) is 5.91 Å². The highest BCUT2D eigenvalue weighted by Crippen LogP contribution is 2.46. The first-order chi connectivity index (χ1) is 11.0. The van der Waals surface area contributed by atoms with Crippen LogP contribution in [0.15, 0.2) is 23.1 Å². The standard InChI is InChI=1S/C14H15F3N2O4S/c1-7(14(15,16)17)19-12(8-5-23-6-8)9-3-2-4-10(24(18,21)22)11(9)13(19)20/h2-4,7-8,12H,5-6H2,1H3,(H2,18,21,22)/t7-,12?/m0/s1. The summed E-state index contributed by atoms with van der Waals surface area (Å²) in [6.45, 7) is 1.29. The molecule has 24 heavy (non-hydrogen) atoms. The van der Waals surface area contributed by atoms with E-state index in [4.69, 9.17) is 9.88 Å². The molecule has 0 spiro atoms. The van der Waals surface area contributed by atoms with Crippen LogP contribution in [0.3, 0.4) is 0 Å². The van der Waals surface area contributed by atoms with Crippen LogP contribution in [-0.4, -0.2) is 44.7 Å². The minimum absolute atomic E-state index is 0.206. The van der Waals surface area contributed by atoms with Crippen molar-refractivity contribution in [1.29, 1.82) is 0 Å². The molecule has 2 aliphatic heterocycles. The van der Waals surface area contributed by atoms with Crippen molar-refractivity contribution >= 4 is 15.9 Å². The summed E-state index contributed by atoms with van der Waals surface area (Å²) in [5, 5.41) is 5.12. The Balaban J connectivity index is 2.18. The van der Waals surface area contributed by atoms with Crippen molar-refractivity contribution in [2.24, 2.45) is 11.1 Å². The van der Waals surface area contributed by atoms with Gasteiger partial charge in [0.05, 0.1) is 29.7 Å². The minimum Gasteiger partial charge on any atom is -0.381 e. The van der Waals surface area contributed by atoms with Crippen LogP contribution in [0.1, 0.15) is 28.9 Å². The van der Waals surface area contributed by atoms with E-state index in [1.54, 1.807) is 0 Å². The number of nitrogens with two attached hydrogens (primary N) is 1. The van der Waals surface area contributed by atoms with Crippen LogP contribution >= 0.6 is 0 Å². The van der Waals surface area contributed by atoms with Crippen molar-refractivity contribution in [2.75, 3.05) is 13.2 Å². The molecule has 0 aliphatic carbocycles. The molecule has 1 fully saturated rings. The minimum atomic E-state index is -4.64. The van der Waals surface area contributed by atoms with Gasteiger partial charge in [0.2, 0.25) is 10.0 Å². The lowest BCUT2D eigenvalue weighted by molar-refractivity contribution is -0.184. The molecular formula is C14H15F3N2O4S. The number of hydrogen-bond acceptors (Lipinski definition) is 4. The zero-order valence-electron chi connectivity index (χ0n) is 12.6. The largest absolute Gasteiger partial charge is 0.408 e. The third kappa shape index (κ3) is 2.58. The summed E-state index contributed by atoms with van der Waals surface area (Å²) in [5.74, 6) is -1.30. The second-order valence-corrected chi connectivity index (χ2v) is 7.47. The zero-order valence-corrected chi connectivity index (χ0v) is 13.4. The molecule has 0 radical (unpaired) electrons. The summed E-state index contributed by atoms with van der Waals surface area (Å²) >= 11 is 0. The fourth-order valence-corrected chi connectivity index (χ4v) is 3.92. The Morgan fingerprint density at radius 2 is 1.96 bits per heavy atom. The van der Waals surface area contributed by atoms with E-state index in [0.717, 1.165) is 13.0 Å². The first-order valence-electron chi connectivity index (χ1n) is 7.16. The van der Waals surface area contributed by atoms with Gasteiger partial charge in [-0.2, -0.15) is 13.2 Å². The molecule has 1 aromatic carbocycles. The molecule has 0 aromatic heterocycles. The highest BCUT2D eigenvalue weighted by molar-refractivity contribution is 7.89. The molecule has 2 aliphatic rings. The second kappa shape index (κ2) is 5.43. The van der Waals surface area contributed by atoms with E-state index in [1.165, 1.54) is 12.1 Å². The van der Waals surface area contributed by atoms with Crippen molar-refractivity contribution < 1.29 is 31.1 Å². The maximum Gasteiger partial charge on any atom is 0.408 e. The molecule has 10 heteroatoms. The van der Waals surface area contributed by atoms with E-state index in [1.807, 2.05) is 0 Å². The van der Waals surface area contributed by atoms with Gasteiger partial charge in [0.15, 0.2) is 0 Å². The lowest BCUT2D eigenvalue weighted by Gasteiger charge is -2.40. The van der Waals surface area contributed by atoms with E-state index in [9.17, 15) is 26.4 Å². The summed E-state index contributed by atoms with van der Waals surface area (Å²) in [6, 6.07) is 1.02. The average Bonchev–Trinajstić information content (AvgIpc) is 2.68. The van der Waals surface area contributed by atoms with Crippen molar-refractivity contribution in [3.05, 3.63) is 29.3 Å². The summed E-state index contributed by atoms with van der Waals surface area (Å²) < 4.78 is 68.2. The van der Waals surface area contributed by atoms with Crippen molar-refractivity contribution in [2.45, 2.75) is 30.1 Å². The highest BCUT2D eigenvalue weighted by Gasteiger charge is 2.53. The first kappa shape index (κ1) is 17.2. The van der Waals surface area contributed by atoms with Gasteiger partial charge in [-0.3, -0.25) is 4.79 Å². The molecule has 2 heterocycles. The van der Waals surface area contributed by atoms with E-state index in [-0.39, 0.29) is 30.3 Å². The summed E-state index contributed by atoms with van der Waals surface area (Å²) in [7, 11) is -4.24. The number of carbonyl (C=O) groups is 1. The quantitative estimate of drug-likeness (QED) is 0.879. The van der Waals surface area contributed by atoms with Crippen molar-refractivity contribution in [3.63, 3.8) is 0 Å². The van der Waals surface area contributed by atoms with Crippen molar-refractivity contribution in [3.8, 4) is 0 Å². The molecule has 2 N–H and O–H groups in total. The number of benzene rings is 1. The number of sulfonamides is 1. The number of carbonyl (C=O) groups excluding carboxylic acids is 1. The van der Waals surface area contributed by atoms with Gasteiger partial charge in [-0.1, -0.05) is 12.1 Å². The fraction of sp³-hybridized carbons (Fsp3) is 0.500. The molecule has 1 aromatic rings. The number of nitrogens with zero attached hydrogens (tertiary/aromatic N) is 1. The van der Waals surface area contributed by atoms with Gasteiger partial charge in [0, 0.05) is 5.92 Å². The van der Waals surface area contributed by atoms with Gasteiger partial charge in [-0.15, -0.1) is 0 Å². The fourth-order valence-electron chi connectivity index (χ4n) is 3.16. The predicted molar refractivity (Wildman–Crippen MR) is 76.6 cm³/mol. The second-order valence-electron chi connectivity index (χ2n) is 5.94. The normalized spacial score (nSPS) is 23.1. The molecule has 132 valence electrons. The maximum atomic E-state index is 13.2. The van der Waals surface area contributed by atoms with E-state index < -0.39 is 39.1 Å². The van der Waals surface area contributed by atoms with Crippen molar-refractivity contribution in [1.82, 2.24) is 4.90 Å². The monoisotopic (exact) mass is 364 g/mol. The molecule has 3 rings (SSSR count). The van der Waals surface area contributed by atoms with Crippen LogP contribution < -0.4 is 5.14 Å². The molecular weight excluding hydrogens is 349 g/mol. The molecule has 0 saturated carbocycles. The van der Waals surface area contributed by atoms with Gasteiger partial charge in [-0.25, -0.2) is 13.6 Å². The molecule has 1 saturated heterocycles. The number of hydrogen-bond donors (Lipinski definition) is 1. The molecule has 1 amide bonds. The first-order valence-corrected chi connectivity index (χ1v) is 8.71. The molecule has 0 bridgehead atoms. The summed E-state index contributed by atoms with van der Waals surface area (Å²) in [4.78, 5) is 12.9. The molecule has 2 atom stereocenters. The number of primary sulfonamides is 1. The predicted octanol–water partition coefficient (Wildman–Crippen LogP) is 1.43. The van der Waals surface area contributed by atoms with Crippen LogP contribution in [0, 0.1) is 5.92 Å².